The Labute approximate surface area is 179 Å². The van der Waals surface area contributed by atoms with Crippen LogP contribution in [0.25, 0.3) is 0 Å². The predicted octanol–water partition coefficient (Wildman–Crippen LogP) is 5.16. The Bertz CT molecular complexity index is 756. The molecule has 0 saturated heterocycles. The Morgan fingerprint density at radius 3 is 2.27 bits per heavy atom. The zero-order valence-electron chi connectivity index (χ0n) is 17.7. The van der Waals surface area contributed by atoms with Gasteiger partial charge in [0.05, 0.1) is 12.1 Å². The molecule has 0 bridgehead atoms. The number of aryl methyl sites for hydroxylation is 1. The minimum Gasteiger partial charge on any atom is -0.481 e. The lowest BCUT2D eigenvalue weighted by Gasteiger charge is -2.27. The molecular weight excluding hydrogens is 399 g/mol. The molecule has 2 fully saturated rings. The number of rotatable bonds is 10. The van der Waals surface area contributed by atoms with Crippen molar-refractivity contribution < 1.29 is 24.2 Å². The van der Waals surface area contributed by atoms with Gasteiger partial charge in [-0.25, -0.2) is 0 Å². The number of hydrogen-bond acceptors (Lipinski definition) is 3. The number of Topliss-reactive ketones (excluding diaryl/α,β-unsaturated/α-hetero) is 1. The molecule has 0 aromatic heterocycles. The summed E-state index contributed by atoms with van der Waals surface area (Å²) in [5.74, 6) is -1.75. The Morgan fingerprint density at radius 1 is 0.933 bits per heavy atom. The Morgan fingerprint density at radius 2 is 1.60 bits per heavy atom. The summed E-state index contributed by atoms with van der Waals surface area (Å²) >= 11 is 0. The molecule has 2 N–H and O–H groups in total. The molecule has 2 aliphatic carbocycles. The Hall–Kier alpha value is -1.45. The van der Waals surface area contributed by atoms with Gasteiger partial charge in [0.2, 0.25) is 7.37 Å². The van der Waals surface area contributed by atoms with E-state index >= 15 is 0 Å². The molecular formula is C24H35O5P. The zero-order valence-corrected chi connectivity index (χ0v) is 18.6. The van der Waals surface area contributed by atoms with Crippen LogP contribution in [0, 0.1) is 23.7 Å². The topological polar surface area (TPSA) is 91.7 Å². The molecule has 166 valence electrons. The van der Waals surface area contributed by atoms with E-state index in [2.05, 4.69) is 0 Å². The van der Waals surface area contributed by atoms with E-state index in [1.165, 1.54) is 24.8 Å². The normalized spacial score (nSPS) is 26.9. The van der Waals surface area contributed by atoms with E-state index in [9.17, 15) is 24.2 Å². The van der Waals surface area contributed by atoms with E-state index in [1.54, 1.807) is 0 Å². The number of aliphatic carboxylic acids is 1. The van der Waals surface area contributed by atoms with E-state index in [4.69, 9.17) is 0 Å². The first-order valence-electron chi connectivity index (χ1n) is 11.5. The summed E-state index contributed by atoms with van der Waals surface area (Å²) in [6.45, 7) is 0. The average Bonchev–Trinajstić information content (AvgIpc) is 3.19. The summed E-state index contributed by atoms with van der Waals surface area (Å²) in [4.78, 5) is 35.0. The molecule has 5 nitrogen and oxygen atoms in total. The molecule has 0 spiro atoms. The molecule has 4 unspecified atom stereocenters. The highest BCUT2D eigenvalue weighted by atomic mass is 31.2. The summed E-state index contributed by atoms with van der Waals surface area (Å²) in [6, 6.07) is 10.00. The average molecular weight is 435 g/mol. The van der Waals surface area contributed by atoms with E-state index in [-0.39, 0.29) is 24.0 Å². The molecule has 3 rings (SSSR count). The minimum atomic E-state index is -3.57. The zero-order chi connectivity index (χ0) is 21.6. The molecule has 30 heavy (non-hydrogen) atoms. The quantitative estimate of drug-likeness (QED) is 0.392. The van der Waals surface area contributed by atoms with Crippen molar-refractivity contribution in [3.05, 3.63) is 35.9 Å². The molecule has 0 radical (unpaired) electrons. The number of carbonyl (C=O) groups excluding carboxylic acids is 1. The predicted molar refractivity (Wildman–Crippen MR) is 118 cm³/mol. The van der Waals surface area contributed by atoms with Gasteiger partial charge in [0, 0.05) is 12.1 Å². The van der Waals surface area contributed by atoms with Crippen LogP contribution in [0.3, 0.4) is 0 Å². The van der Waals surface area contributed by atoms with Crippen molar-refractivity contribution in [1.82, 2.24) is 0 Å². The molecule has 6 heteroatoms. The van der Waals surface area contributed by atoms with E-state index in [1.807, 2.05) is 30.3 Å². The molecule has 1 aromatic carbocycles. The van der Waals surface area contributed by atoms with Crippen molar-refractivity contribution in [1.29, 1.82) is 0 Å². The second-order valence-corrected chi connectivity index (χ2v) is 11.8. The monoisotopic (exact) mass is 434 g/mol. The van der Waals surface area contributed by atoms with Crippen LogP contribution < -0.4 is 0 Å². The fraction of sp³-hybridized carbons (Fsp3) is 0.667. The van der Waals surface area contributed by atoms with E-state index in [0.29, 0.717) is 25.2 Å². The van der Waals surface area contributed by atoms with Crippen molar-refractivity contribution in [2.45, 2.75) is 64.2 Å². The van der Waals surface area contributed by atoms with Gasteiger partial charge >= 0.3 is 5.97 Å². The number of hydrogen-bond donors (Lipinski definition) is 2. The fourth-order valence-electron chi connectivity index (χ4n) is 5.47. The van der Waals surface area contributed by atoms with Gasteiger partial charge in [-0.15, -0.1) is 0 Å². The van der Waals surface area contributed by atoms with E-state index in [0.717, 1.165) is 25.7 Å². The largest absolute Gasteiger partial charge is 0.481 e. The Kier molecular flexibility index (Phi) is 8.30. The van der Waals surface area contributed by atoms with Crippen LogP contribution in [0.1, 0.15) is 63.4 Å². The SMILES string of the molecule is O=C(O)C1CC(C2CCCCC2)CC1C(=O)CP(=O)(O)CCCCc1ccccc1. The third kappa shape index (κ3) is 6.52. The van der Waals surface area contributed by atoms with Gasteiger partial charge in [0.25, 0.3) is 0 Å². The van der Waals surface area contributed by atoms with Crippen LogP contribution >= 0.6 is 7.37 Å². The first-order chi connectivity index (χ1) is 14.4. The third-order valence-electron chi connectivity index (χ3n) is 7.12. The second-order valence-electron chi connectivity index (χ2n) is 9.32. The number of ketones is 1. The van der Waals surface area contributed by atoms with Gasteiger partial charge in [0.15, 0.2) is 0 Å². The molecule has 0 aliphatic heterocycles. The molecule has 0 heterocycles. The highest BCUT2D eigenvalue weighted by Gasteiger charge is 2.45. The Balaban J connectivity index is 1.50. The lowest BCUT2D eigenvalue weighted by Crippen LogP contribution is -2.27. The van der Waals surface area contributed by atoms with Gasteiger partial charge in [-0.2, -0.15) is 0 Å². The van der Waals surface area contributed by atoms with Crippen molar-refractivity contribution in [3.8, 4) is 0 Å². The molecule has 2 saturated carbocycles. The second kappa shape index (κ2) is 10.7. The third-order valence-corrected chi connectivity index (χ3v) is 8.94. The van der Waals surface area contributed by atoms with Crippen molar-refractivity contribution in [2.75, 3.05) is 12.3 Å². The number of carbonyl (C=O) groups is 2. The molecule has 1 aromatic rings. The van der Waals surface area contributed by atoms with Crippen LogP contribution in [-0.2, 0) is 20.6 Å². The first kappa shape index (κ1) is 23.2. The maximum absolute atomic E-state index is 12.9. The summed E-state index contributed by atoms with van der Waals surface area (Å²) in [5.41, 5.74) is 1.20. The summed E-state index contributed by atoms with van der Waals surface area (Å²) in [7, 11) is -3.57. The van der Waals surface area contributed by atoms with Gasteiger partial charge < -0.3 is 10.00 Å². The van der Waals surface area contributed by atoms with Crippen LogP contribution in [0.15, 0.2) is 30.3 Å². The van der Waals surface area contributed by atoms with Gasteiger partial charge in [-0.3, -0.25) is 14.2 Å². The van der Waals surface area contributed by atoms with Crippen LogP contribution in [-0.4, -0.2) is 34.1 Å². The lowest BCUT2D eigenvalue weighted by molar-refractivity contribution is -0.145. The van der Waals surface area contributed by atoms with Crippen LogP contribution in [0.4, 0.5) is 0 Å². The standard InChI is InChI=1S/C24H35O5P/c25-23(17-30(28,29)14-8-7-11-18-9-3-1-4-10-18)21-15-20(16-22(21)24(26)27)19-12-5-2-6-13-19/h1,3-4,9-10,19-22H,2,5-8,11-17H2,(H,26,27)(H,28,29). The number of carboxylic acid groups (broad SMARTS) is 1. The fourth-order valence-corrected chi connectivity index (χ4v) is 7.07. The van der Waals surface area contributed by atoms with E-state index < -0.39 is 25.2 Å². The maximum Gasteiger partial charge on any atom is 0.307 e. The minimum absolute atomic E-state index is 0.127. The maximum atomic E-state index is 12.9. The molecule has 4 atom stereocenters. The van der Waals surface area contributed by atoms with Crippen molar-refractivity contribution in [3.63, 3.8) is 0 Å². The van der Waals surface area contributed by atoms with Crippen molar-refractivity contribution >= 4 is 19.1 Å². The van der Waals surface area contributed by atoms with Gasteiger partial charge in [0.1, 0.15) is 5.78 Å². The number of benzene rings is 1. The summed E-state index contributed by atoms with van der Waals surface area (Å²) in [6.07, 6.45) is 8.98. The van der Waals surface area contributed by atoms with Gasteiger partial charge in [-0.1, -0.05) is 62.4 Å². The summed E-state index contributed by atoms with van der Waals surface area (Å²) in [5, 5.41) is 9.64. The highest BCUT2D eigenvalue weighted by Crippen LogP contribution is 2.48. The first-order valence-corrected chi connectivity index (χ1v) is 13.5. The summed E-state index contributed by atoms with van der Waals surface area (Å²) < 4.78 is 12.6. The van der Waals surface area contributed by atoms with Crippen molar-refractivity contribution in [2.24, 2.45) is 23.7 Å². The lowest BCUT2D eigenvalue weighted by atomic mass is 9.78. The smallest absolute Gasteiger partial charge is 0.307 e. The van der Waals surface area contributed by atoms with Crippen LogP contribution in [0.5, 0.6) is 0 Å². The number of unbranched alkanes of at least 4 members (excludes halogenated alkanes) is 1. The highest BCUT2D eigenvalue weighted by molar-refractivity contribution is 7.58. The molecule has 2 aliphatic rings. The van der Waals surface area contributed by atoms with Gasteiger partial charge in [-0.05, 0) is 49.5 Å². The molecule has 0 amide bonds. The van der Waals surface area contributed by atoms with Crippen LogP contribution in [0.2, 0.25) is 0 Å². The number of carboxylic acids is 1.